The number of hydrazine groups is 1. The van der Waals surface area contributed by atoms with Crippen LogP contribution in [0.5, 0.6) is 0 Å². The van der Waals surface area contributed by atoms with Crippen LogP contribution in [0.1, 0.15) is 32.1 Å². The standard InChI is InChI=1S/C11H19N3O3/c12-10(17)11(4-5-11)3-1-9(16)13-14-6-2-8(15)7-14/h8,15H,1-7H2,(H2,12,17)(H,13,16)/t8-/m0/s1. The molecule has 1 heterocycles. The molecule has 1 saturated carbocycles. The predicted molar refractivity (Wildman–Crippen MR) is 60.4 cm³/mol. The van der Waals surface area contributed by atoms with E-state index in [4.69, 9.17) is 5.73 Å². The summed E-state index contributed by atoms with van der Waals surface area (Å²) in [6, 6.07) is 0. The number of β-amino-alcohol motifs (C(OH)–C–C–N with tert-alkyl or cyclic N) is 1. The summed E-state index contributed by atoms with van der Waals surface area (Å²) in [5.74, 6) is -0.395. The Bertz CT molecular complexity index is 328. The fourth-order valence-corrected chi connectivity index (χ4v) is 2.20. The number of amides is 2. The minimum atomic E-state index is -0.415. The van der Waals surface area contributed by atoms with Crippen molar-refractivity contribution in [2.45, 2.75) is 38.2 Å². The van der Waals surface area contributed by atoms with Gasteiger partial charge in [-0.25, -0.2) is 5.01 Å². The van der Waals surface area contributed by atoms with E-state index in [-0.39, 0.29) is 17.9 Å². The van der Waals surface area contributed by atoms with Crippen LogP contribution in [0.15, 0.2) is 0 Å². The van der Waals surface area contributed by atoms with E-state index in [1.54, 1.807) is 5.01 Å². The van der Waals surface area contributed by atoms with Crippen molar-refractivity contribution in [3.8, 4) is 0 Å². The minimum Gasteiger partial charge on any atom is -0.392 e. The summed E-state index contributed by atoms with van der Waals surface area (Å²) in [7, 11) is 0. The van der Waals surface area contributed by atoms with Gasteiger partial charge in [-0.3, -0.25) is 15.0 Å². The number of rotatable bonds is 5. The van der Waals surface area contributed by atoms with Crippen molar-refractivity contribution < 1.29 is 14.7 Å². The Hall–Kier alpha value is -1.14. The lowest BCUT2D eigenvalue weighted by molar-refractivity contribution is -0.127. The lowest BCUT2D eigenvalue weighted by Crippen LogP contribution is -2.41. The molecule has 17 heavy (non-hydrogen) atoms. The maximum Gasteiger partial charge on any atom is 0.234 e. The summed E-state index contributed by atoms with van der Waals surface area (Å²) >= 11 is 0. The molecular weight excluding hydrogens is 222 g/mol. The van der Waals surface area contributed by atoms with Gasteiger partial charge >= 0.3 is 0 Å². The predicted octanol–water partition coefficient (Wildman–Crippen LogP) is -0.870. The lowest BCUT2D eigenvalue weighted by atomic mass is 9.99. The summed E-state index contributed by atoms with van der Waals surface area (Å²) in [5.41, 5.74) is 7.60. The largest absolute Gasteiger partial charge is 0.392 e. The van der Waals surface area contributed by atoms with Crippen molar-refractivity contribution in [3.63, 3.8) is 0 Å². The van der Waals surface area contributed by atoms with Gasteiger partial charge in [-0.1, -0.05) is 0 Å². The second-order valence-corrected chi connectivity index (χ2v) is 5.07. The molecule has 4 N–H and O–H groups in total. The van der Waals surface area contributed by atoms with Gasteiger partial charge in [0.2, 0.25) is 11.8 Å². The average molecular weight is 241 g/mol. The Morgan fingerprint density at radius 2 is 2.18 bits per heavy atom. The van der Waals surface area contributed by atoms with Crippen LogP contribution in [0.2, 0.25) is 0 Å². The Morgan fingerprint density at radius 3 is 2.65 bits per heavy atom. The summed E-state index contributed by atoms with van der Waals surface area (Å²) < 4.78 is 0. The number of hydrogen-bond donors (Lipinski definition) is 3. The molecule has 6 nitrogen and oxygen atoms in total. The van der Waals surface area contributed by atoms with Gasteiger partial charge in [0, 0.05) is 24.9 Å². The molecule has 2 rings (SSSR count). The second kappa shape index (κ2) is 4.62. The van der Waals surface area contributed by atoms with Crippen LogP contribution in [0.3, 0.4) is 0 Å². The van der Waals surface area contributed by atoms with E-state index >= 15 is 0 Å². The van der Waals surface area contributed by atoms with E-state index in [1.807, 2.05) is 0 Å². The molecule has 1 saturated heterocycles. The van der Waals surface area contributed by atoms with E-state index in [0.717, 1.165) is 12.8 Å². The first-order chi connectivity index (χ1) is 8.02. The van der Waals surface area contributed by atoms with Crippen molar-refractivity contribution in [1.29, 1.82) is 0 Å². The number of carbonyl (C=O) groups is 2. The van der Waals surface area contributed by atoms with Gasteiger partial charge in [0.1, 0.15) is 0 Å². The highest BCUT2D eigenvalue weighted by Gasteiger charge is 2.48. The van der Waals surface area contributed by atoms with Crippen molar-refractivity contribution in [1.82, 2.24) is 10.4 Å². The molecule has 96 valence electrons. The van der Waals surface area contributed by atoms with Gasteiger partial charge in [0.25, 0.3) is 0 Å². The summed E-state index contributed by atoms with van der Waals surface area (Å²) in [6.07, 6.45) is 2.79. The van der Waals surface area contributed by atoms with E-state index in [1.165, 1.54) is 0 Å². The molecule has 1 aliphatic carbocycles. The molecule has 0 radical (unpaired) electrons. The Morgan fingerprint density at radius 1 is 1.47 bits per heavy atom. The number of hydrogen-bond acceptors (Lipinski definition) is 4. The van der Waals surface area contributed by atoms with Gasteiger partial charge in [-0.05, 0) is 25.7 Å². The number of primary amides is 1. The molecule has 2 amide bonds. The number of aliphatic hydroxyl groups excluding tert-OH is 1. The van der Waals surface area contributed by atoms with Gasteiger partial charge in [0.15, 0.2) is 0 Å². The van der Waals surface area contributed by atoms with Gasteiger partial charge in [-0.15, -0.1) is 0 Å². The van der Waals surface area contributed by atoms with Crippen LogP contribution in [0, 0.1) is 5.41 Å². The van der Waals surface area contributed by atoms with E-state index in [9.17, 15) is 14.7 Å². The van der Waals surface area contributed by atoms with Crippen LogP contribution in [0.25, 0.3) is 0 Å². The molecule has 2 aliphatic rings. The van der Waals surface area contributed by atoms with Gasteiger partial charge in [-0.2, -0.15) is 0 Å². The summed E-state index contributed by atoms with van der Waals surface area (Å²) in [5, 5.41) is 11.0. The minimum absolute atomic E-state index is 0.105. The van der Waals surface area contributed by atoms with Crippen LogP contribution in [-0.2, 0) is 9.59 Å². The fraction of sp³-hybridized carbons (Fsp3) is 0.818. The SMILES string of the molecule is NC(=O)C1(CCC(=O)NN2CC[C@H](O)C2)CC1. The van der Waals surface area contributed by atoms with Crippen molar-refractivity contribution in [2.24, 2.45) is 11.1 Å². The molecule has 1 aliphatic heterocycles. The smallest absolute Gasteiger partial charge is 0.234 e. The van der Waals surface area contributed by atoms with Crippen LogP contribution in [0.4, 0.5) is 0 Å². The first-order valence-corrected chi connectivity index (χ1v) is 6.04. The molecular formula is C11H19N3O3. The zero-order valence-corrected chi connectivity index (χ0v) is 9.82. The normalized spacial score (nSPS) is 26.8. The fourth-order valence-electron chi connectivity index (χ4n) is 2.20. The van der Waals surface area contributed by atoms with Crippen LogP contribution < -0.4 is 11.2 Å². The van der Waals surface area contributed by atoms with E-state index in [2.05, 4.69) is 5.43 Å². The molecule has 0 aromatic heterocycles. The number of aliphatic hydroxyl groups is 1. The third-order valence-electron chi connectivity index (χ3n) is 3.65. The zero-order chi connectivity index (χ0) is 12.5. The maximum absolute atomic E-state index is 11.6. The Labute approximate surface area is 100 Å². The van der Waals surface area contributed by atoms with Crippen LogP contribution in [-0.4, -0.2) is 41.1 Å². The van der Waals surface area contributed by atoms with Crippen molar-refractivity contribution in [3.05, 3.63) is 0 Å². The Kier molecular flexibility index (Phi) is 3.35. The highest BCUT2D eigenvalue weighted by Crippen LogP contribution is 2.49. The first kappa shape index (κ1) is 12.3. The summed E-state index contributed by atoms with van der Waals surface area (Å²) in [4.78, 5) is 22.7. The van der Waals surface area contributed by atoms with Crippen LogP contribution >= 0.6 is 0 Å². The van der Waals surface area contributed by atoms with E-state index in [0.29, 0.717) is 32.4 Å². The second-order valence-electron chi connectivity index (χ2n) is 5.07. The van der Waals surface area contributed by atoms with E-state index < -0.39 is 5.41 Å². The molecule has 1 atom stereocenters. The number of nitrogens with two attached hydrogens (primary N) is 1. The molecule has 0 unspecified atom stereocenters. The number of nitrogens with one attached hydrogen (secondary N) is 1. The highest BCUT2D eigenvalue weighted by molar-refractivity contribution is 5.84. The quantitative estimate of drug-likeness (QED) is 0.583. The van der Waals surface area contributed by atoms with Crippen molar-refractivity contribution in [2.75, 3.05) is 13.1 Å². The summed E-state index contributed by atoms with van der Waals surface area (Å²) in [6.45, 7) is 1.15. The topological polar surface area (TPSA) is 95.7 Å². The molecule has 2 fully saturated rings. The average Bonchev–Trinajstić information content (AvgIpc) is 2.96. The van der Waals surface area contributed by atoms with Gasteiger partial charge < -0.3 is 10.8 Å². The maximum atomic E-state index is 11.6. The molecule has 0 bridgehead atoms. The first-order valence-electron chi connectivity index (χ1n) is 6.04. The van der Waals surface area contributed by atoms with Gasteiger partial charge in [0.05, 0.1) is 6.10 Å². The highest BCUT2D eigenvalue weighted by atomic mass is 16.3. The molecule has 0 spiro atoms. The Balaban J connectivity index is 1.69. The third kappa shape index (κ3) is 2.95. The lowest BCUT2D eigenvalue weighted by Gasteiger charge is -2.17. The van der Waals surface area contributed by atoms with Crippen molar-refractivity contribution >= 4 is 11.8 Å². The third-order valence-corrected chi connectivity index (χ3v) is 3.65. The zero-order valence-electron chi connectivity index (χ0n) is 9.82. The molecule has 6 heteroatoms. The monoisotopic (exact) mass is 241 g/mol. The molecule has 0 aromatic rings. The molecule has 0 aromatic carbocycles. The number of carbonyl (C=O) groups excluding carboxylic acids is 2. The number of nitrogens with zero attached hydrogens (tertiary/aromatic N) is 1.